The van der Waals surface area contributed by atoms with Crippen LogP contribution in [-0.2, 0) is 24.0 Å². The van der Waals surface area contributed by atoms with Gasteiger partial charge in [-0.15, -0.1) is 11.8 Å². The van der Waals surface area contributed by atoms with Crippen molar-refractivity contribution in [1.29, 1.82) is 0 Å². The number of rotatable bonds is 5. The van der Waals surface area contributed by atoms with Crippen LogP contribution in [0.2, 0.25) is 0 Å². The number of nitrogens with zero attached hydrogens (tertiary/aromatic N) is 5. The van der Waals surface area contributed by atoms with Gasteiger partial charge in [0.05, 0.1) is 36.3 Å². The number of amidine groups is 1. The summed E-state index contributed by atoms with van der Waals surface area (Å²) < 4.78 is 4.34. The Morgan fingerprint density at radius 2 is 1.95 bits per heavy atom. The maximum absolute atomic E-state index is 13.3. The van der Waals surface area contributed by atoms with E-state index in [-0.39, 0.29) is 22.7 Å². The molecule has 4 fully saturated rings. The number of nitrogens with one attached hydrogen (secondary N) is 1. The first-order chi connectivity index (χ1) is 17.5. The fraction of sp³-hybridized carbons (Fsp3) is 0.619. The van der Waals surface area contributed by atoms with Gasteiger partial charge in [-0.2, -0.15) is 0 Å². The van der Waals surface area contributed by atoms with E-state index in [2.05, 4.69) is 14.9 Å². The largest absolute Gasteiger partial charge is 0.543 e. The number of carbonyl (C=O) groups is 4. The number of quaternary nitrogens is 1. The first kappa shape index (κ1) is 25.8. The number of oxime groups is 1. The maximum atomic E-state index is 13.3. The van der Waals surface area contributed by atoms with Gasteiger partial charge in [0.1, 0.15) is 36.3 Å². The van der Waals surface area contributed by atoms with Crippen molar-refractivity contribution < 1.29 is 33.6 Å². The molecule has 4 saturated heterocycles. The molecule has 0 saturated carbocycles. The predicted octanol–water partition coefficient (Wildman–Crippen LogP) is -2.58. The second-order valence-electron chi connectivity index (χ2n) is 9.78. The molecule has 0 aromatic carbocycles. The van der Waals surface area contributed by atoms with Crippen LogP contribution in [0.3, 0.4) is 0 Å². The summed E-state index contributed by atoms with van der Waals surface area (Å²) >= 11 is 2.43. The van der Waals surface area contributed by atoms with Crippen LogP contribution in [0.25, 0.3) is 0 Å². The van der Waals surface area contributed by atoms with E-state index in [9.17, 15) is 24.3 Å². The first-order valence-corrected chi connectivity index (χ1v) is 13.6. The van der Waals surface area contributed by atoms with Crippen molar-refractivity contribution in [3.05, 3.63) is 11.4 Å². The van der Waals surface area contributed by atoms with Crippen LogP contribution in [0, 0.1) is 5.41 Å². The molecule has 0 aromatic rings. The third-order valence-electron chi connectivity index (χ3n) is 8.06. The van der Waals surface area contributed by atoms with Gasteiger partial charge in [-0.3, -0.25) is 28.7 Å². The highest BCUT2D eigenvalue weighted by atomic mass is 32.2. The Hall–Kier alpha value is -2.82. The topological polar surface area (TPSA) is 196 Å². The van der Waals surface area contributed by atoms with Gasteiger partial charge in [-0.1, -0.05) is 5.16 Å². The van der Waals surface area contributed by atoms with Crippen LogP contribution in [-0.4, -0.2) is 99.1 Å². The second kappa shape index (κ2) is 9.18. The number of carboxylic acid groups (broad SMARTS) is 1. The molecule has 6 rings (SSSR count). The predicted molar refractivity (Wildman–Crippen MR) is 132 cm³/mol. The van der Waals surface area contributed by atoms with Crippen LogP contribution in [0.4, 0.5) is 0 Å². The number of carbonyl (C=O) groups excluding carboxylic acids is 4. The van der Waals surface area contributed by atoms with Gasteiger partial charge in [0, 0.05) is 31.2 Å². The van der Waals surface area contributed by atoms with E-state index in [0.717, 1.165) is 11.9 Å². The minimum absolute atomic E-state index is 0.142. The quantitative estimate of drug-likeness (QED) is 0.0813. The third kappa shape index (κ3) is 3.88. The SMILES string of the molecule is CON=C(C(=O)N[C@@H]1C(=O)N2C(C(=O)[O-])=C([N+]34CCC(C(N)=O)(CC3)CC4)C(C)S[C@H]12)N1C=NSC1N. The van der Waals surface area contributed by atoms with Gasteiger partial charge >= 0.3 is 0 Å². The second-order valence-corrected chi connectivity index (χ2v) is 12.1. The normalized spacial score (nSPS) is 36.8. The van der Waals surface area contributed by atoms with Gasteiger partial charge in [0.25, 0.3) is 11.8 Å². The van der Waals surface area contributed by atoms with E-state index in [1.54, 1.807) is 0 Å². The van der Waals surface area contributed by atoms with Crippen molar-refractivity contribution in [2.45, 2.75) is 48.3 Å². The molecule has 2 unspecified atom stereocenters. The van der Waals surface area contributed by atoms with Crippen molar-refractivity contribution in [2.24, 2.45) is 26.4 Å². The lowest BCUT2D eigenvalue weighted by atomic mass is 9.69. The number of hydrogen-bond donors (Lipinski definition) is 3. The summed E-state index contributed by atoms with van der Waals surface area (Å²) in [4.78, 5) is 58.1. The highest BCUT2D eigenvalue weighted by Crippen LogP contribution is 2.52. The van der Waals surface area contributed by atoms with Crippen molar-refractivity contribution >= 4 is 59.6 Å². The number of primary amides is 1. The number of β-lactam (4-membered cyclic amide) rings is 1. The summed E-state index contributed by atoms with van der Waals surface area (Å²) in [5.41, 5.74) is 10.9. The molecule has 5 N–H and O–H groups in total. The van der Waals surface area contributed by atoms with Crippen molar-refractivity contribution in [3.8, 4) is 0 Å². The molecule has 4 atom stereocenters. The Bertz CT molecular complexity index is 1130. The van der Waals surface area contributed by atoms with E-state index in [4.69, 9.17) is 16.3 Å². The number of nitrogens with two attached hydrogens (primary N) is 2. The van der Waals surface area contributed by atoms with E-state index in [1.807, 2.05) is 6.92 Å². The Kier molecular flexibility index (Phi) is 6.40. The fourth-order valence-electron chi connectivity index (χ4n) is 6.03. The van der Waals surface area contributed by atoms with Crippen molar-refractivity contribution in [1.82, 2.24) is 15.1 Å². The van der Waals surface area contributed by atoms with E-state index in [1.165, 1.54) is 35.0 Å². The molecule has 6 heterocycles. The lowest BCUT2D eigenvalue weighted by Crippen LogP contribution is -2.74. The lowest BCUT2D eigenvalue weighted by Gasteiger charge is -2.59. The monoisotopic (exact) mass is 552 g/mol. The number of carboxylic acids is 1. The number of piperidine rings is 3. The Morgan fingerprint density at radius 3 is 2.46 bits per heavy atom. The molecule has 6 aliphatic heterocycles. The van der Waals surface area contributed by atoms with E-state index in [0.29, 0.717) is 49.1 Å². The minimum Gasteiger partial charge on any atom is -0.543 e. The Labute approximate surface area is 221 Å². The zero-order valence-electron chi connectivity index (χ0n) is 20.3. The molecule has 0 aromatic heterocycles. The van der Waals surface area contributed by atoms with Crippen LogP contribution in [0.15, 0.2) is 20.9 Å². The highest BCUT2D eigenvalue weighted by Gasteiger charge is 2.61. The number of amides is 3. The van der Waals surface area contributed by atoms with E-state index < -0.39 is 40.1 Å². The highest BCUT2D eigenvalue weighted by molar-refractivity contribution is 8.00. The molecular weight excluding hydrogens is 524 g/mol. The van der Waals surface area contributed by atoms with Gasteiger partial charge in [0.15, 0.2) is 5.50 Å². The molecule has 37 heavy (non-hydrogen) atoms. The summed E-state index contributed by atoms with van der Waals surface area (Å²) in [7, 11) is 1.27. The van der Waals surface area contributed by atoms with E-state index >= 15 is 0 Å². The lowest BCUT2D eigenvalue weighted by molar-refractivity contribution is -0.911. The number of hydrogen-bond acceptors (Lipinski definition) is 11. The van der Waals surface area contributed by atoms with Gasteiger partial charge in [-0.25, -0.2) is 4.40 Å². The summed E-state index contributed by atoms with van der Waals surface area (Å²) in [6.07, 6.45) is 3.05. The molecule has 2 bridgehead atoms. The average Bonchev–Trinajstić information content (AvgIpc) is 3.31. The molecular formula is C21H28N8O6S2. The average molecular weight is 553 g/mol. The smallest absolute Gasteiger partial charge is 0.291 e. The van der Waals surface area contributed by atoms with Crippen molar-refractivity contribution in [3.63, 3.8) is 0 Å². The molecule has 0 aliphatic carbocycles. The Morgan fingerprint density at radius 1 is 1.30 bits per heavy atom. The zero-order valence-corrected chi connectivity index (χ0v) is 21.9. The van der Waals surface area contributed by atoms with Crippen molar-refractivity contribution in [2.75, 3.05) is 26.7 Å². The summed E-state index contributed by atoms with van der Waals surface area (Å²) in [5, 5.41) is 17.9. The summed E-state index contributed by atoms with van der Waals surface area (Å²) in [6, 6.07) is -0.980. The summed E-state index contributed by atoms with van der Waals surface area (Å²) in [6.45, 7) is 3.60. The summed E-state index contributed by atoms with van der Waals surface area (Å²) in [5.74, 6) is -3.19. The first-order valence-electron chi connectivity index (χ1n) is 11.8. The minimum atomic E-state index is -1.44. The Balaban J connectivity index is 1.40. The molecule has 200 valence electrons. The number of thioether (sulfide) groups is 1. The molecule has 3 amide bonds. The molecule has 0 radical (unpaired) electrons. The maximum Gasteiger partial charge on any atom is 0.291 e. The zero-order chi connectivity index (χ0) is 26.7. The van der Waals surface area contributed by atoms with Gasteiger partial charge < -0.3 is 31.5 Å². The molecule has 0 spiro atoms. The van der Waals surface area contributed by atoms with Crippen LogP contribution in [0.1, 0.15) is 26.2 Å². The molecule has 16 heteroatoms. The molecule has 6 aliphatic rings. The standard InChI is InChI=1S/C21H28N8O6S2/c1-10-13(29-6-3-21(4-7-29,5-8-29)19(22)34)12(18(32)33)28-16(31)11(17(28)36-10)25-15(30)14(26-35-2)27-9-24-37-20(27)23/h9-11,17,20H,3-8,23H2,1-2H3,(H3-,22,25,30,32,33,34)/t10?,11-,17-,20?,21?,29?/m1/s1. The fourth-order valence-corrected chi connectivity index (χ4v) is 8.12. The number of fused-ring (bicyclic) bond motifs is 4. The number of aliphatic carboxylic acids is 1. The molecule has 14 nitrogen and oxygen atoms in total. The van der Waals surface area contributed by atoms with Gasteiger partial charge in [0.2, 0.25) is 11.7 Å². The van der Waals surface area contributed by atoms with Gasteiger partial charge in [-0.05, 0) is 6.92 Å². The third-order valence-corrected chi connectivity index (χ3v) is 10.1. The van der Waals surface area contributed by atoms with Crippen LogP contribution >= 0.6 is 23.7 Å². The van der Waals surface area contributed by atoms with Crippen LogP contribution in [0.5, 0.6) is 0 Å². The van der Waals surface area contributed by atoms with Crippen LogP contribution < -0.4 is 21.9 Å².